The SMILES string of the molecule is CC1(C(=O)Oc2cccc(Oc3ccccc3)n2)C(Oc2ccccc2)C1(Cl)Cl. The molecular weight excluding hydrogens is 413 g/mol. The summed E-state index contributed by atoms with van der Waals surface area (Å²) in [5.41, 5.74) is -1.25. The minimum atomic E-state index is -1.42. The molecule has 5 nitrogen and oxygen atoms in total. The standard InChI is InChI=1S/C22H17Cl2NO4/c1-21(19(22(21,23)24)28-16-11-6-3-7-12-16)20(26)29-18-14-8-13-17(25-18)27-15-9-4-2-5-10-15/h2-14,19H,1H3. The zero-order valence-corrected chi connectivity index (χ0v) is 16.9. The van der Waals surface area contributed by atoms with Gasteiger partial charge in [-0.25, -0.2) is 0 Å². The normalized spacial score (nSPS) is 21.8. The van der Waals surface area contributed by atoms with E-state index in [-0.39, 0.29) is 5.88 Å². The van der Waals surface area contributed by atoms with Crippen molar-refractivity contribution >= 4 is 29.2 Å². The first-order valence-corrected chi connectivity index (χ1v) is 9.68. The Hall–Kier alpha value is -2.76. The third-order valence-electron chi connectivity index (χ3n) is 4.74. The number of hydrogen-bond acceptors (Lipinski definition) is 5. The molecule has 1 fully saturated rings. The predicted octanol–water partition coefficient (Wildman–Crippen LogP) is 5.42. The molecule has 0 saturated heterocycles. The van der Waals surface area contributed by atoms with Crippen molar-refractivity contribution < 1.29 is 19.0 Å². The van der Waals surface area contributed by atoms with Crippen LogP contribution in [0.15, 0.2) is 78.9 Å². The zero-order valence-electron chi connectivity index (χ0n) is 15.4. The average molecular weight is 430 g/mol. The molecule has 0 bridgehead atoms. The molecule has 1 aliphatic rings. The van der Waals surface area contributed by atoms with Gasteiger partial charge in [0, 0.05) is 12.1 Å². The minimum Gasteiger partial charge on any atom is -0.486 e. The van der Waals surface area contributed by atoms with Crippen molar-refractivity contribution in [3.8, 4) is 23.3 Å². The molecule has 2 aromatic carbocycles. The number of benzene rings is 2. The molecule has 0 aliphatic heterocycles. The Morgan fingerprint density at radius 2 is 1.45 bits per heavy atom. The number of aromatic nitrogens is 1. The first kappa shape index (κ1) is 19.6. The minimum absolute atomic E-state index is 0.0825. The number of carbonyl (C=O) groups is 1. The molecule has 1 aromatic heterocycles. The molecule has 1 aliphatic carbocycles. The largest absolute Gasteiger partial charge is 0.486 e. The lowest BCUT2D eigenvalue weighted by molar-refractivity contribution is -0.141. The predicted molar refractivity (Wildman–Crippen MR) is 110 cm³/mol. The number of rotatable bonds is 6. The van der Waals surface area contributed by atoms with Crippen LogP contribution in [0.2, 0.25) is 0 Å². The van der Waals surface area contributed by atoms with E-state index in [2.05, 4.69) is 4.98 Å². The van der Waals surface area contributed by atoms with Crippen LogP contribution in [0.1, 0.15) is 6.92 Å². The van der Waals surface area contributed by atoms with Crippen LogP contribution in [-0.2, 0) is 4.79 Å². The van der Waals surface area contributed by atoms with E-state index in [1.54, 1.807) is 49.4 Å². The van der Waals surface area contributed by atoms with Crippen molar-refractivity contribution in [3.63, 3.8) is 0 Å². The lowest BCUT2D eigenvalue weighted by Crippen LogP contribution is -2.26. The van der Waals surface area contributed by atoms with E-state index >= 15 is 0 Å². The van der Waals surface area contributed by atoms with Gasteiger partial charge in [0.15, 0.2) is 10.4 Å². The monoisotopic (exact) mass is 429 g/mol. The van der Waals surface area contributed by atoms with Gasteiger partial charge in [0.2, 0.25) is 11.8 Å². The topological polar surface area (TPSA) is 57.7 Å². The number of esters is 1. The Labute approximate surface area is 178 Å². The van der Waals surface area contributed by atoms with Crippen molar-refractivity contribution in [1.82, 2.24) is 4.98 Å². The smallest absolute Gasteiger partial charge is 0.325 e. The van der Waals surface area contributed by atoms with E-state index in [1.807, 2.05) is 36.4 Å². The van der Waals surface area contributed by atoms with Gasteiger partial charge in [0.1, 0.15) is 16.9 Å². The number of pyridine rings is 1. The third-order valence-corrected chi connectivity index (χ3v) is 5.93. The fourth-order valence-corrected chi connectivity index (χ4v) is 3.65. The first-order chi connectivity index (χ1) is 13.9. The summed E-state index contributed by atoms with van der Waals surface area (Å²) in [6.45, 7) is 1.60. The lowest BCUT2D eigenvalue weighted by atomic mass is 10.1. The summed E-state index contributed by atoms with van der Waals surface area (Å²) in [5.74, 6) is 0.931. The summed E-state index contributed by atoms with van der Waals surface area (Å²) in [6, 6.07) is 23.1. The van der Waals surface area contributed by atoms with Crippen LogP contribution < -0.4 is 14.2 Å². The van der Waals surface area contributed by atoms with Crippen LogP contribution in [0.25, 0.3) is 0 Å². The van der Waals surface area contributed by atoms with Crippen molar-refractivity contribution in [1.29, 1.82) is 0 Å². The van der Waals surface area contributed by atoms with Crippen LogP contribution >= 0.6 is 23.2 Å². The molecule has 148 valence electrons. The van der Waals surface area contributed by atoms with Crippen LogP contribution in [0.4, 0.5) is 0 Å². The Morgan fingerprint density at radius 3 is 2.10 bits per heavy atom. The summed E-state index contributed by atoms with van der Waals surface area (Å²) in [5, 5.41) is 0. The molecule has 2 unspecified atom stereocenters. The molecular formula is C22H17Cl2NO4. The van der Waals surface area contributed by atoms with Crippen LogP contribution in [0.5, 0.6) is 23.3 Å². The molecule has 29 heavy (non-hydrogen) atoms. The number of nitrogens with zero attached hydrogens (tertiary/aromatic N) is 1. The molecule has 0 N–H and O–H groups in total. The summed E-state index contributed by atoms with van der Waals surface area (Å²) >= 11 is 12.7. The fraction of sp³-hybridized carbons (Fsp3) is 0.182. The molecule has 1 saturated carbocycles. The average Bonchev–Trinajstić information content (AvgIpc) is 3.16. The Bertz CT molecular complexity index is 1010. The summed E-state index contributed by atoms with van der Waals surface area (Å²) in [6.07, 6.45) is -0.753. The van der Waals surface area contributed by atoms with Gasteiger partial charge >= 0.3 is 5.97 Å². The van der Waals surface area contributed by atoms with Crippen molar-refractivity contribution in [3.05, 3.63) is 78.9 Å². The maximum absolute atomic E-state index is 12.8. The highest BCUT2D eigenvalue weighted by Gasteiger charge is 2.81. The number of alkyl halides is 2. The van der Waals surface area contributed by atoms with E-state index in [4.69, 9.17) is 37.4 Å². The number of halogens is 2. The highest BCUT2D eigenvalue weighted by molar-refractivity contribution is 6.54. The highest BCUT2D eigenvalue weighted by Crippen LogP contribution is 2.65. The van der Waals surface area contributed by atoms with E-state index in [0.717, 1.165) is 0 Å². The molecule has 0 radical (unpaired) electrons. The second-order valence-corrected chi connectivity index (χ2v) is 8.14. The van der Waals surface area contributed by atoms with Gasteiger partial charge in [0.25, 0.3) is 0 Å². The molecule has 0 amide bonds. The second kappa shape index (κ2) is 7.58. The van der Waals surface area contributed by atoms with E-state index in [0.29, 0.717) is 17.4 Å². The Balaban J connectivity index is 1.47. The molecule has 0 spiro atoms. The van der Waals surface area contributed by atoms with Crippen molar-refractivity contribution in [2.45, 2.75) is 17.4 Å². The van der Waals surface area contributed by atoms with E-state index in [9.17, 15) is 4.79 Å². The third kappa shape index (κ3) is 3.76. The maximum atomic E-state index is 12.8. The molecule has 2 atom stereocenters. The molecule has 3 aromatic rings. The van der Waals surface area contributed by atoms with Gasteiger partial charge < -0.3 is 14.2 Å². The molecule has 4 rings (SSSR count). The number of carbonyl (C=O) groups excluding carboxylic acids is 1. The number of ether oxygens (including phenoxy) is 3. The van der Waals surface area contributed by atoms with Gasteiger partial charge in [-0.15, -0.1) is 0 Å². The molecule has 7 heteroatoms. The quantitative estimate of drug-likeness (QED) is 0.386. The zero-order chi connectivity index (χ0) is 20.5. The Morgan fingerprint density at radius 1 is 0.862 bits per heavy atom. The summed E-state index contributed by atoms with van der Waals surface area (Å²) in [4.78, 5) is 17.0. The van der Waals surface area contributed by atoms with Gasteiger partial charge in [-0.1, -0.05) is 65.7 Å². The fourth-order valence-electron chi connectivity index (χ4n) is 2.88. The van der Waals surface area contributed by atoms with Gasteiger partial charge in [-0.3, -0.25) is 4.79 Å². The molecule has 1 heterocycles. The summed E-state index contributed by atoms with van der Waals surface area (Å²) < 4.78 is 15.5. The van der Waals surface area contributed by atoms with Crippen LogP contribution in [0.3, 0.4) is 0 Å². The highest BCUT2D eigenvalue weighted by atomic mass is 35.5. The number of para-hydroxylation sites is 2. The van der Waals surface area contributed by atoms with E-state index < -0.39 is 21.8 Å². The van der Waals surface area contributed by atoms with Gasteiger partial charge in [0.05, 0.1) is 0 Å². The van der Waals surface area contributed by atoms with Crippen molar-refractivity contribution in [2.24, 2.45) is 5.41 Å². The van der Waals surface area contributed by atoms with Crippen molar-refractivity contribution in [2.75, 3.05) is 0 Å². The number of hydrogen-bond donors (Lipinski definition) is 0. The van der Waals surface area contributed by atoms with Crippen LogP contribution in [0, 0.1) is 5.41 Å². The van der Waals surface area contributed by atoms with E-state index in [1.165, 1.54) is 0 Å². The first-order valence-electron chi connectivity index (χ1n) is 8.93. The van der Waals surface area contributed by atoms with Crippen LogP contribution in [-0.4, -0.2) is 21.4 Å². The summed E-state index contributed by atoms with van der Waals surface area (Å²) in [7, 11) is 0. The second-order valence-electron chi connectivity index (χ2n) is 6.75. The van der Waals surface area contributed by atoms with Gasteiger partial charge in [-0.2, -0.15) is 4.98 Å². The lowest BCUT2D eigenvalue weighted by Gasteiger charge is -2.12. The maximum Gasteiger partial charge on any atom is 0.325 e. The Kier molecular flexibility index (Phi) is 5.11. The van der Waals surface area contributed by atoms with Gasteiger partial charge in [-0.05, 0) is 31.2 Å².